The van der Waals surface area contributed by atoms with Gasteiger partial charge in [0.2, 0.25) is 0 Å². The standard InChI is InChI=1S/C13H14N2O3S/c1-9-6-11(15(17)18)2-3-12(9)14-7-13(16)10-4-5-19-8-10/h2-6,8,13-14,16H,7H2,1H3. The molecule has 1 unspecified atom stereocenters. The van der Waals surface area contributed by atoms with Crippen LogP contribution >= 0.6 is 11.3 Å². The predicted octanol–water partition coefficient (Wildman–Crippen LogP) is 3.11. The number of non-ortho nitro benzene ring substituents is 1. The number of anilines is 1. The molecule has 2 N–H and O–H groups in total. The molecule has 0 bridgehead atoms. The van der Waals surface area contributed by atoms with E-state index in [1.165, 1.54) is 23.5 Å². The van der Waals surface area contributed by atoms with Gasteiger partial charge in [-0.2, -0.15) is 11.3 Å². The fourth-order valence-electron chi connectivity index (χ4n) is 1.75. The second-order valence-corrected chi connectivity index (χ2v) is 4.99. The lowest BCUT2D eigenvalue weighted by Crippen LogP contribution is -2.12. The molecule has 0 saturated heterocycles. The number of nitrogens with one attached hydrogen (secondary N) is 1. The number of nitro benzene ring substituents is 1. The minimum absolute atomic E-state index is 0.0708. The Morgan fingerprint density at radius 1 is 1.47 bits per heavy atom. The van der Waals surface area contributed by atoms with Gasteiger partial charge in [0.25, 0.3) is 5.69 Å². The van der Waals surface area contributed by atoms with E-state index in [0.29, 0.717) is 6.54 Å². The van der Waals surface area contributed by atoms with Crippen molar-refractivity contribution in [1.29, 1.82) is 0 Å². The molecule has 0 aliphatic rings. The summed E-state index contributed by atoms with van der Waals surface area (Å²) in [6.07, 6.45) is -0.583. The minimum atomic E-state index is -0.583. The van der Waals surface area contributed by atoms with E-state index in [1.54, 1.807) is 13.0 Å². The molecule has 0 saturated carbocycles. The summed E-state index contributed by atoms with van der Waals surface area (Å²) in [6, 6.07) is 6.50. The van der Waals surface area contributed by atoms with Crippen molar-refractivity contribution in [2.75, 3.05) is 11.9 Å². The van der Waals surface area contributed by atoms with E-state index >= 15 is 0 Å². The number of hydrogen-bond donors (Lipinski definition) is 2. The summed E-state index contributed by atoms with van der Waals surface area (Å²) in [6.45, 7) is 2.17. The van der Waals surface area contributed by atoms with E-state index in [1.807, 2.05) is 16.8 Å². The van der Waals surface area contributed by atoms with Crippen molar-refractivity contribution in [1.82, 2.24) is 0 Å². The molecule has 1 heterocycles. The van der Waals surface area contributed by atoms with Crippen LogP contribution in [0.15, 0.2) is 35.0 Å². The minimum Gasteiger partial charge on any atom is -0.387 e. The maximum atomic E-state index is 10.6. The molecular formula is C13H14N2O3S. The largest absolute Gasteiger partial charge is 0.387 e. The number of benzene rings is 1. The van der Waals surface area contributed by atoms with Crippen LogP contribution in [0, 0.1) is 17.0 Å². The number of rotatable bonds is 5. The zero-order chi connectivity index (χ0) is 13.8. The van der Waals surface area contributed by atoms with Crippen molar-refractivity contribution in [2.24, 2.45) is 0 Å². The third kappa shape index (κ3) is 3.30. The van der Waals surface area contributed by atoms with Crippen molar-refractivity contribution in [3.05, 3.63) is 56.3 Å². The van der Waals surface area contributed by atoms with Crippen molar-refractivity contribution >= 4 is 22.7 Å². The Bertz CT molecular complexity index is 569. The van der Waals surface area contributed by atoms with Crippen LogP contribution in [0.3, 0.4) is 0 Å². The van der Waals surface area contributed by atoms with Crippen molar-refractivity contribution in [2.45, 2.75) is 13.0 Å². The number of nitrogens with zero attached hydrogens (tertiary/aromatic N) is 1. The van der Waals surface area contributed by atoms with Crippen LogP contribution in [0.4, 0.5) is 11.4 Å². The lowest BCUT2D eigenvalue weighted by Gasteiger charge is -2.13. The van der Waals surface area contributed by atoms with E-state index in [2.05, 4.69) is 5.32 Å². The van der Waals surface area contributed by atoms with Gasteiger partial charge >= 0.3 is 0 Å². The van der Waals surface area contributed by atoms with E-state index in [9.17, 15) is 15.2 Å². The molecule has 100 valence electrons. The average molecular weight is 278 g/mol. The molecule has 2 rings (SSSR count). The van der Waals surface area contributed by atoms with Gasteiger partial charge < -0.3 is 10.4 Å². The Morgan fingerprint density at radius 3 is 2.84 bits per heavy atom. The SMILES string of the molecule is Cc1cc([N+](=O)[O-])ccc1NCC(O)c1ccsc1. The predicted molar refractivity (Wildman–Crippen MR) is 75.6 cm³/mol. The molecule has 0 radical (unpaired) electrons. The van der Waals surface area contributed by atoms with Gasteiger partial charge in [-0.25, -0.2) is 0 Å². The van der Waals surface area contributed by atoms with Gasteiger partial charge in [-0.05, 0) is 40.9 Å². The Balaban J connectivity index is 2.02. The number of aryl methyl sites for hydroxylation is 1. The summed E-state index contributed by atoms with van der Waals surface area (Å²) in [5.41, 5.74) is 2.52. The molecule has 5 nitrogen and oxygen atoms in total. The molecule has 2 aromatic rings. The van der Waals surface area contributed by atoms with Gasteiger partial charge in [0, 0.05) is 24.4 Å². The third-order valence-corrected chi connectivity index (χ3v) is 3.54. The first kappa shape index (κ1) is 13.5. The molecule has 0 aliphatic heterocycles. The van der Waals surface area contributed by atoms with Crippen LogP contribution in [0.25, 0.3) is 0 Å². The monoisotopic (exact) mass is 278 g/mol. The Labute approximate surface area is 114 Å². The first-order valence-corrected chi connectivity index (χ1v) is 6.71. The Kier molecular flexibility index (Phi) is 4.13. The van der Waals surface area contributed by atoms with E-state index in [-0.39, 0.29) is 5.69 Å². The van der Waals surface area contributed by atoms with Gasteiger partial charge in [-0.3, -0.25) is 10.1 Å². The van der Waals surface area contributed by atoms with Gasteiger partial charge in [-0.1, -0.05) is 0 Å². The molecule has 19 heavy (non-hydrogen) atoms. The zero-order valence-electron chi connectivity index (χ0n) is 10.4. The molecular weight excluding hydrogens is 264 g/mol. The van der Waals surface area contributed by atoms with Crippen LogP contribution in [-0.4, -0.2) is 16.6 Å². The van der Waals surface area contributed by atoms with Gasteiger partial charge in [0.05, 0.1) is 11.0 Å². The van der Waals surface area contributed by atoms with Crippen LogP contribution in [0.5, 0.6) is 0 Å². The highest BCUT2D eigenvalue weighted by Gasteiger charge is 2.10. The lowest BCUT2D eigenvalue weighted by molar-refractivity contribution is -0.384. The zero-order valence-corrected chi connectivity index (χ0v) is 11.2. The maximum Gasteiger partial charge on any atom is 0.269 e. The van der Waals surface area contributed by atoms with Gasteiger partial charge in [-0.15, -0.1) is 0 Å². The normalized spacial score (nSPS) is 12.1. The number of aliphatic hydroxyl groups excluding tert-OH is 1. The highest BCUT2D eigenvalue weighted by molar-refractivity contribution is 7.07. The van der Waals surface area contributed by atoms with Gasteiger partial charge in [0.1, 0.15) is 0 Å². The topological polar surface area (TPSA) is 75.4 Å². The fraction of sp³-hybridized carbons (Fsp3) is 0.231. The summed E-state index contributed by atoms with van der Waals surface area (Å²) in [7, 11) is 0. The average Bonchev–Trinajstić information content (AvgIpc) is 2.90. The second-order valence-electron chi connectivity index (χ2n) is 4.21. The molecule has 0 fully saturated rings. The molecule has 0 spiro atoms. The third-order valence-electron chi connectivity index (χ3n) is 2.83. The van der Waals surface area contributed by atoms with Crippen LogP contribution in [0.1, 0.15) is 17.2 Å². The summed E-state index contributed by atoms with van der Waals surface area (Å²) >= 11 is 1.54. The summed E-state index contributed by atoms with van der Waals surface area (Å²) in [5, 5.41) is 27.5. The van der Waals surface area contributed by atoms with Crippen LogP contribution in [-0.2, 0) is 0 Å². The molecule has 6 heteroatoms. The van der Waals surface area contributed by atoms with E-state index in [4.69, 9.17) is 0 Å². The number of thiophene rings is 1. The number of hydrogen-bond acceptors (Lipinski definition) is 5. The summed E-state index contributed by atoms with van der Waals surface area (Å²) in [5.74, 6) is 0. The van der Waals surface area contributed by atoms with Crippen LogP contribution < -0.4 is 5.32 Å². The van der Waals surface area contributed by atoms with Crippen molar-refractivity contribution < 1.29 is 10.0 Å². The first-order chi connectivity index (χ1) is 9.08. The fourth-order valence-corrected chi connectivity index (χ4v) is 2.46. The van der Waals surface area contributed by atoms with E-state index in [0.717, 1.165) is 16.8 Å². The second kappa shape index (κ2) is 5.81. The molecule has 1 atom stereocenters. The maximum absolute atomic E-state index is 10.6. The molecule has 0 amide bonds. The van der Waals surface area contributed by atoms with Crippen LogP contribution in [0.2, 0.25) is 0 Å². The first-order valence-electron chi connectivity index (χ1n) is 5.77. The summed E-state index contributed by atoms with van der Waals surface area (Å²) < 4.78 is 0. The molecule has 1 aromatic heterocycles. The number of nitro groups is 1. The summed E-state index contributed by atoms with van der Waals surface area (Å²) in [4.78, 5) is 10.2. The van der Waals surface area contributed by atoms with Crippen molar-refractivity contribution in [3.63, 3.8) is 0 Å². The molecule has 0 aliphatic carbocycles. The number of aliphatic hydroxyl groups is 1. The lowest BCUT2D eigenvalue weighted by atomic mass is 10.1. The molecule has 1 aromatic carbocycles. The Morgan fingerprint density at radius 2 is 2.26 bits per heavy atom. The van der Waals surface area contributed by atoms with E-state index < -0.39 is 11.0 Å². The highest BCUT2D eigenvalue weighted by Crippen LogP contribution is 2.22. The quantitative estimate of drug-likeness (QED) is 0.651. The van der Waals surface area contributed by atoms with Gasteiger partial charge in [0.15, 0.2) is 0 Å². The smallest absolute Gasteiger partial charge is 0.269 e. The Hall–Kier alpha value is -1.92. The van der Waals surface area contributed by atoms with Crippen molar-refractivity contribution in [3.8, 4) is 0 Å². The highest BCUT2D eigenvalue weighted by atomic mass is 32.1.